The number of benzene rings is 1. The maximum absolute atomic E-state index is 5.60. The molecule has 0 atom stereocenters. The predicted molar refractivity (Wildman–Crippen MR) is 60.9 cm³/mol. The van der Waals surface area contributed by atoms with Gasteiger partial charge in [0.15, 0.2) is 0 Å². The molecule has 0 radical (unpaired) electrons. The zero-order chi connectivity index (χ0) is 11.2. The van der Waals surface area contributed by atoms with Crippen LogP contribution in [-0.4, -0.2) is 20.3 Å². The SMILES string of the molecule is COCCONCc1cc2ccccc2o1. The van der Waals surface area contributed by atoms with Crippen molar-refractivity contribution in [1.29, 1.82) is 0 Å². The van der Waals surface area contributed by atoms with Crippen molar-refractivity contribution in [2.75, 3.05) is 20.3 Å². The molecule has 1 aromatic heterocycles. The smallest absolute Gasteiger partial charge is 0.134 e. The molecule has 1 heterocycles. The van der Waals surface area contributed by atoms with Crippen LogP contribution in [0, 0.1) is 0 Å². The maximum atomic E-state index is 5.60. The third-order valence-electron chi connectivity index (χ3n) is 2.21. The Balaban J connectivity index is 1.85. The van der Waals surface area contributed by atoms with E-state index in [1.54, 1.807) is 7.11 Å². The van der Waals surface area contributed by atoms with Gasteiger partial charge in [0.05, 0.1) is 19.8 Å². The molecule has 2 aromatic rings. The average Bonchev–Trinajstić information content (AvgIpc) is 2.71. The van der Waals surface area contributed by atoms with Gasteiger partial charge in [-0.1, -0.05) is 18.2 Å². The number of nitrogens with one attached hydrogen (secondary N) is 1. The molecule has 0 aliphatic carbocycles. The van der Waals surface area contributed by atoms with Gasteiger partial charge in [-0.15, -0.1) is 0 Å². The van der Waals surface area contributed by atoms with Crippen molar-refractivity contribution < 1.29 is 14.0 Å². The first kappa shape index (κ1) is 11.1. The van der Waals surface area contributed by atoms with Gasteiger partial charge in [-0.3, -0.25) is 4.84 Å². The highest BCUT2D eigenvalue weighted by Gasteiger charge is 2.01. The standard InChI is InChI=1S/C12H15NO3/c1-14-6-7-15-13-9-11-8-10-4-2-3-5-12(10)16-11/h2-5,8,13H,6-7,9H2,1H3. The summed E-state index contributed by atoms with van der Waals surface area (Å²) in [5.41, 5.74) is 3.72. The molecule has 0 unspecified atom stereocenters. The molecule has 1 aromatic carbocycles. The molecule has 0 aliphatic heterocycles. The zero-order valence-electron chi connectivity index (χ0n) is 9.23. The van der Waals surface area contributed by atoms with E-state index in [0.717, 1.165) is 16.7 Å². The molecular weight excluding hydrogens is 206 g/mol. The minimum absolute atomic E-state index is 0.525. The fourth-order valence-corrected chi connectivity index (χ4v) is 1.44. The van der Waals surface area contributed by atoms with E-state index in [2.05, 4.69) is 5.48 Å². The summed E-state index contributed by atoms with van der Waals surface area (Å²) >= 11 is 0. The summed E-state index contributed by atoms with van der Waals surface area (Å²) in [6.45, 7) is 1.66. The first-order valence-electron chi connectivity index (χ1n) is 5.21. The van der Waals surface area contributed by atoms with Crippen LogP contribution in [0.25, 0.3) is 11.0 Å². The summed E-state index contributed by atoms with van der Waals surface area (Å²) < 4.78 is 10.5. The van der Waals surface area contributed by atoms with Gasteiger partial charge in [0.25, 0.3) is 0 Å². The molecule has 4 heteroatoms. The van der Waals surface area contributed by atoms with Gasteiger partial charge in [0.2, 0.25) is 0 Å². The molecule has 0 fully saturated rings. The van der Waals surface area contributed by atoms with Crippen LogP contribution in [0.4, 0.5) is 0 Å². The number of furan rings is 1. The van der Waals surface area contributed by atoms with Crippen LogP contribution in [0.3, 0.4) is 0 Å². The van der Waals surface area contributed by atoms with Crippen LogP contribution in [0.5, 0.6) is 0 Å². The second-order valence-electron chi connectivity index (χ2n) is 3.41. The number of para-hydroxylation sites is 1. The highest BCUT2D eigenvalue weighted by Crippen LogP contribution is 2.18. The Bertz CT molecular complexity index is 406. The molecule has 0 aliphatic rings. The minimum Gasteiger partial charge on any atom is -0.460 e. The number of methoxy groups -OCH3 is 1. The summed E-state index contributed by atoms with van der Waals surface area (Å²) in [6, 6.07) is 9.92. The fraction of sp³-hybridized carbons (Fsp3) is 0.333. The third-order valence-corrected chi connectivity index (χ3v) is 2.21. The maximum Gasteiger partial charge on any atom is 0.134 e. The normalized spacial score (nSPS) is 11.1. The molecule has 4 nitrogen and oxygen atoms in total. The highest BCUT2D eigenvalue weighted by molar-refractivity contribution is 5.77. The van der Waals surface area contributed by atoms with E-state index in [1.165, 1.54) is 0 Å². The van der Waals surface area contributed by atoms with Gasteiger partial charge in [-0.25, -0.2) is 0 Å². The molecule has 0 spiro atoms. The quantitative estimate of drug-likeness (QED) is 0.599. The molecule has 0 saturated carbocycles. The van der Waals surface area contributed by atoms with Crippen molar-refractivity contribution in [3.05, 3.63) is 36.1 Å². The summed E-state index contributed by atoms with van der Waals surface area (Å²) in [6.07, 6.45) is 0. The lowest BCUT2D eigenvalue weighted by molar-refractivity contribution is 0.00121. The molecule has 0 amide bonds. The van der Waals surface area contributed by atoms with Gasteiger partial charge >= 0.3 is 0 Å². The van der Waals surface area contributed by atoms with Crippen molar-refractivity contribution >= 4 is 11.0 Å². The molecule has 0 bridgehead atoms. The Morgan fingerprint density at radius 1 is 1.25 bits per heavy atom. The van der Waals surface area contributed by atoms with E-state index in [-0.39, 0.29) is 0 Å². The molecule has 86 valence electrons. The van der Waals surface area contributed by atoms with Crippen LogP contribution in [0.15, 0.2) is 34.7 Å². The predicted octanol–water partition coefficient (Wildman–Crippen LogP) is 2.10. The van der Waals surface area contributed by atoms with Crippen molar-refractivity contribution in [3.63, 3.8) is 0 Å². The second kappa shape index (κ2) is 5.65. The fourth-order valence-electron chi connectivity index (χ4n) is 1.44. The minimum atomic E-state index is 0.525. The average molecular weight is 221 g/mol. The van der Waals surface area contributed by atoms with Crippen LogP contribution in [0.1, 0.15) is 5.76 Å². The largest absolute Gasteiger partial charge is 0.460 e. The van der Waals surface area contributed by atoms with E-state index in [9.17, 15) is 0 Å². The summed E-state index contributed by atoms with van der Waals surface area (Å²) in [7, 11) is 1.64. The Hall–Kier alpha value is -1.36. The lowest BCUT2D eigenvalue weighted by Crippen LogP contribution is -2.16. The van der Waals surface area contributed by atoms with Gasteiger partial charge in [0, 0.05) is 12.5 Å². The third kappa shape index (κ3) is 2.82. The number of hydrogen-bond acceptors (Lipinski definition) is 4. The van der Waals surface area contributed by atoms with Gasteiger partial charge in [-0.05, 0) is 12.1 Å². The van der Waals surface area contributed by atoms with E-state index in [1.807, 2.05) is 30.3 Å². The van der Waals surface area contributed by atoms with Crippen LogP contribution < -0.4 is 5.48 Å². The number of hydroxylamine groups is 1. The van der Waals surface area contributed by atoms with Gasteiger partial charge in [0.1, 0.15) is 11.3 Å². The van der Waals surface area contributed by atoms with E-state index >= 15 is 0 Å². The van der Waals surface area contributed by atoms with Gasteiger partial charge in [-0.2, -0.15) is 5.48 Å². The number of rotatable bonds is 6. The first-order chi connectivity index (χ1) is 7.90. The van der Waals surface area contributed by atoms with Crippen molar-refractivity contribution in [2.24, 2.45) is 0 Å². The number of fused-ring (bicyclic) bond motifs is 1. The Morgan fingerprint density at radius 3 is 2.94 bits per heavy atom. The van der Waals surface area contributed by atoms with Crippen molar-refractivity contribution in [1.82, 2.24) is 5.48 Å². The Morgan fingerprint density at radius 2 is 2.12 bits per heavy atom. The molecular formula is C12H15NO3. The summed E-state index contributed by atoms with van der Waals surface area (Å²) in [4.78, 5) is 5.14. The van der Waals surface area contributed by atoms with Crippen molar-refractivity contribution in [3.8, 4) is 0 Å². The van der Waals surface area contributed by atoms with Crippen LogP contribution in [-0.2, 0) is 16.1 Å². The molecule has 1 N–H and O–H groups in total. The van der Waals surface area contributed by atoms with E-state index < -0.39 is 0 Å². The second-order valence-corrected chi connectivity index (χ2v) is 3.41. The lowest BCUT2D eigenvalue weighted by atomic mass is 10.2. The first-order valence-corrected chi connectivity index (χ1v) is 5.21. The highest BCUT2D eigenvalue weighted by atomic mass is 16.7. The Labute approximate surface area is 94.1 Å². The van der Waals surface area contributed by atoms with Crippen molar-refractivity contribution in [2.45, 2.75) is 6.54 Å². The summed E-state index contributed by atoms with van der Waals surface area (Å²) in [5.74, 6) is 0.860. The monoisotopic (exact) mass is 221 g/mol. The van der Waals surface area contributed by atoms with Gasteiger partial charge < -0.3 is 9.15 Å². The zero-order valence-corrected chi connectivity index (χ0v) is 9.23. The van der Waals surface area contributed by atoms with Crippen LogP contribution >= 0.6 is 0 Å². The number of hydrogen-bond donors (Lipinski definition) is 1. The molecule has 16 heavy (non-hydrogen) atoms. The molecule has 2 rings (SSSR count). The number of ether oxygens (including phenoxy) is 1. The Kier molecular flexibility index (Phi) is 3.93. The summed E-state index contributed by atoms with van der Waals surface area (Å²) in [5, 5.41) is 1.11. The topological polar surface area (TPSA) is 43.6 Å². The van der Waals surface area contributed by atoms with Crippen LogP contribution in [0.2, 0.25) is 0 Å². The molecule has 0 saturated heterocycles. The lowest BCUT2D eigenvalue weighted by Gasteiger charge is -2.02. The van der Waals surface area contributed by atoms with E-state index in [4.69, 9.17) is 14.0 Å². The van der Waals surface area contributed by atoms with E-state index in [0.29, 0.717) is 19.8 Å².